The lowest BCUT2D eigenvalue weighted by atomic mass is 10.1. The molecule has 0 radical (unpaired) electrons. The number of anilines is 1. The molecule has 2 amide bonds. The van der Waals surface area contributed by atoms with Crippen molar-refractivity contribution in [3.05, 3.63) is 59.2 Å². The topological polar surface area (TPSA) is 86.8 Å². The Morgan fingerprint density at radius 1 is 1.06 bits per heavy atom. The fraction of sp³-hybridized carbons (Fsp3) is 0.417. The third-order valence-electron chi connectivity index (χ3n) is 6.18. The summed E-state index contributed by atoms with van der Waals surface area (Å²) in [6.07, 6.45) is 3.07. The molecule has 2 heterocycles. The van der Waals surface area contributed by atoms with Crippen molar-refractivity contribution in [2.75, 3.05) is 18.0 Å². The molecule has 2 aromatic carbocycles. The predicted molar refractivity (Wildman–Crippen MR) is 123 cm³/mol. The monoisotopic (exact) mass is 455 g/mol. The van der Waals surface area contributed by atoms with E-state index in [4.69, 9.17) is 0 Å². The Hall–Kier alpha value is -2.71. The highest BCUT2D eigenvalue weighted by molar-refractivity contribution is 7.89. The van der Waals surface area contributed by atoms with Crippen LogP contribution in [0.1, 0.15) is 42.9 Å². The number of aryl methyl sites for hydroxylation is 1. The van der Waals surface area contributed by atoms with Gasteiger partial charge in [0, 0.05) is 38.7 Å². The summed E-state index contributed by atoms with van der Waals surface area (Å²) in [4.78, 5) is 27.1. The van der Waals surface area contributed by atoms with Crippen LogP contribution in [0.25, 0.3) is 0 Å². The molecule has 1 N–H and O–H groups in total. The van der Waals surface area contributed by atoms with Crippen molar-refractivity contribution in [2.45, 2.75) is 57.0 Å². The minimum absolute atomic E-state index is 0.225. The number of rotatable bonds is 5. The molecule has 2 aliphatic heterocycles. The highest BCUT2D eigenvalue weighted by Crippen LogP contribution is 2.35. The summed E-state index contributed by atoms with van der Waals surface area (Å²) in [6, 6.07) is 12.0. The van der Waals surface area contributed by atoms with Crippen LogP contribution in [0.4, 0.5) is 5.69 Å². The Bertz CT molecular complexity index is 1140. The van der Waals surface area contributed by atoms with Crippen LogP contribution in [-0.2, 0) is 32.6 Å². The van der Waals surface area contributed by atoms with Crippen LogP contribution in [0.5, 0.6) is 0 Å². The molecule has 32 heavy (non-hydrogen) atoms. The van der Waals surface area contributed by atoms with Gasteiger partial charge in [0.05, 0.1) is 4.90 Å². The lowest BCUT2D eigenvalue weighted by molar-refractivity contribution is -0.125. The third-order valence-corrected chi connectivity index (χ3v) is 8.07. The molecule has 0 spiro atoms. The Morgan fingerprint density at radius 2 is 1.81 bits per heavy atom. The van der Waals surface area contributed by atoms with Gasteiger partial charge in [0.2, 0.25) is 21.8 Å². The van der Waals surface area contributed by atoms with Gasteiger partial charge in [0.1, 0.15) is 6.04 Å². The van der Waals surface area contributed by atoms with E-state index in [0.717, 1.165) is 30.4 Å². The Morgan fingerprint density at radius 3 is 2.50 bits per heavy atom. The molecule has 0 aromatic heterocycles. The first-order chi connectivity index (χ1) is 15.3. The van der Waals surface area contributed by atoms with Gasteiger partial charge >= 0.3 is 0 Å². The van der Waals surface area contributed by atoms with Crippen LogP contribution in [0.2, 0.25) is 0 Å². The number of nitrogens with one attached hydrogen (secondary N) is 1. The SMILES string of the molecule is CC(=O)N1c2ccc(S(=O)(=O)N3CCCCC3)cc2CC1C(=O)NCc1cccc(C)c1. The average Bonchev–Trinajstić information content (AvgIpc) is 3.17. The third kappa shape index (κ3) is 4.42. The van der Waals surface area contributed by atoms with Crippen molar-refractivity contribution in [1.29, 1.82) is 0 Å². The van der Waals surface area contributed by atoms with Crippen LogP contribution < -0.4 is 10.2 Å². The van der Waals surface area contributed by atoms with Gasteiger partial charge in [-0.25, -0.2) is 8.42 Å². The summed E-state index contributed by atoms with van der Waals surface area (Å²) in [5.41, 5.74) is 3.40. The molecular formula is C24H29N3O4S. The highest BCUT2D eigenvalue weighted by Gasteiger charge is 2.38. The molecule has 170 valence electrons. The van der Waals surface area contributed by atoms with E-state index in [9.17, 15) is 18.0 Å². The fourth-order valence-electron chi connectivity index (χ4n) is 4.57. The Balaban J connectivity index is 1.55. The summed E-state index contributed by atoms with van der Waals surface area (Å²) in [5.74, 6) is -0.496. The first kappa shape index (κ1) is 22.5. The highest BCUT2D eigenvalue weighted by atomic mass is 32.2. The van der Waals surface area contributed by atoms with Crippen molar-refractivity contribution < 1.29 is 18.0 Å². The zero-order valence-electron chi connectivity index (χ0n) is 18.5. The van der Waals surface area contributed by atoms with E-state index in [1.54, 1.807) is 18.2 Å². The van der Waals surface area contributed by atoms with E-state index < -0.39 is 16.1 Å². The summed E-state index contributed by atoms with van der Waals surface area (Å²) >= 11 is 0. The van der Waals surface area contributed by atoms with Gasteiger partial charge in [0.25, 0.3) is 0 Å². The Labute approximate surface area is 189 Å². The largest absolute Gasteiger partial charge is 0.350 e. The van der Waals surface area contributed by atoms with Gasteiger partial charge in [-0.15, -0.1) is 0 Å². The number of benzene rings is 2. The van der Waals surface area contributed by atoms with Crippen molar-refractivity contribution >= 4 is 27.5 Å². The molecule has 1 saturated heterocycles. The quantitative estimate of drug-likeness (QED) is 0.751. The van der Waals surface area contributed by atoms with Crippen LogP contribution in [0, 0.1) is 6.92 Å². The summed E-state index contributed by atoms with van der Waals surface area (Å²) in [5, 5.41) is 2.93. The molecule has 0 aliphatic carbocycles. The van der Waals surface area contributed by atoms with Crippen molar-refractivity contribution in [1.82, 2.24) is 9.62 Å². The average molecular weight is 456 g/mol. The van der Waals surface area contributed by atoms with Gasteiger partial charge in [0.15, 0.2) is 0 Å². The Kier molecular flexibility index (Phi) is 6.35. The minimum Gasteiger partial charge on any atom is -0.350 e. The van der Waals surface area contributed by atoms with Crippen molar-refractivity contribution in [2.24, 2.45) is 0 Å². The standard InChI is InChI=1S/C24H29N3O4S/c1-17-7-6-8-19(13-17)16-25-24(29)23-15-20-14-21(9-10-22(20)27(23)18(2)28)32(30,31)26-11-4-3-5-12-26/h6-10,13-14,23H,3-5,11-12,15-16H2,1-2H3,(H,25,29). The predicted octanol–water partition coefficient (Wildman–Crippen LogP) is 2.76. The van der Waals surface area contributed by atoms with Crippen LogP contribution >= 0.6 is 0 Å². The van der Waals surface area contributed by atoms with Gasteiger partial charge in [-0.05, 0) is 49.1 Å². The molecule has 1 atom stereocenters. The van der Waals surface area contributed by atoms with Gasteiger partial charge in [-0.3, -0.25) is 14.5 Å². The minimum atomic E-state index is -3.58. The lowest BCUT2D eigenvalue weighted by Crippen LogP contribution is -2.47. The number of piperidine rings is 1. The van der Waals surface area contributed by atoms with Crippen molar-refractivity contribution in [3.8, 4) is 0 Å². The molecule has 4 rings (SSSR count). The van der Waals surface area contributed by atoms with E-state index in [-0.39, 0.29) is 23.1 Å². The van der Waals surface area contributed by atoms with E-state index >= 15 is 0 Å². The number of fused-ring (bicyclic) bond motifs is 1. The number of amides is 2. The molecular weight excluding hydrogens is 426 g/mol. The molecule has 0 bridgehead atoms. The fourth-order valence-corrected chi connectivity index (χ4v) is 6.14. The summed E-state index contributed by atoms with van der Waals surface area (Å²) in [7, 11) is -3.58. The summed E-state index contributed by atoms with van der Waals surface area (Å²) < 4.78 is 27.7. The molecule has 2 aliphatic rings. The zero-order chi connectivity index (χ0) is 22.9. The maximum Gasteiger partial charge on any atom is 0.243 e. The zero-order valence-corrected chi connectivity index (χ0v) is 19.3. The van der Waals surface area contributed by atoms with Crippen LogP contribution in [0.15, 0.2) is 47.4 Å². The summed E-state index contributed by atoms with van der Waals surface area (Å²) in [6.45, 7) is 4.85. The lowest BCUT2D eigenvalue weighted by Gasteiger charge is -2.26. The molecule has 2 aromatic rings. The van der Waals surface area contributed by atoms with E-state index in [1.165, 1.54) is 16.1 Å². The number of hydrogen-bond donors (Lipinski definition) is 1. The van der Waals surface area contributed by atoms with Gasteiger partial charge < -0.3 is 5.32 Å². The normalized spacial score (nSPS) is 18.9. The molecule has 1 fully saturated rings. The van der Waals surface area contributed by atoms with Gasteiger partial charge in [-0.2, -0.15) is 4.31 Å². The number of carbonyl (C=O) groups is 2. The first-order valence-corrected chi connectivity index (χ1v) is 12.5. The number of carbonyl (C=O) groups excluding carboxylic acids is 2. The first-order valence-electron chi connectivity index (χ1n) is 11.0. The maximum absolute atomic E-state index is 13.1. The molecule has 7 nitrogen and oxygen atoms in total. The smallest absolute Gasteiger partial charge is 0.243 e. The second-order valence-corrected chi connectivity index (χ2v) is 10.5. The number of sulfonamides is 1. The van der Waals surface area contributed by atoms with E-state index in [2.05, 4.69) is 5.32 Å². The van der Waals surface area contributed by atoms with E-state index in [0.29, 0.717) is 30.9 Å². The molecule has 1 unspecified atom stereocenters. The van der Waals surface area contributed by atoms with Crippen LogP contribution in [-0.4, -0.2) is 43.7 Å². The van der Waals surface area contributed by atoms with Crippen LogP contribution in [0.3, 0.4) is 0 Å². The second-order valence-electron chi connectivity index (χ2n) is 8.57. The van der Waals surface area contributed by atoms with Crippen molar-refractivity contribution in [3.63, 3.8) is 0 Å². The maximum atomic E-state index is 13.1. The molecule has 0 saturated carbocycles. The number of nitrogens with zero attached hydrogens (tertiary/aromatic N) is 2. The number of hydrogen-bond acceptors (Lipinski definition) is 4. The molecule has 8 heteroatoms. The second kappa shape index (κ2) is 9.03. The van der Waals surface area contributed by atoms with Gasteiger partial charge in [-0.1, -0.05) is 36.2 Å². The van der Waals surface area contributed by atoms with E-state index in [1.807, 2.05) is 31.2 Å².